The summed E-state index contributed by atoms with van der Waals surface area (Å²) in [5.41, 5.74) is 6.49. The first-order valence-electron chi connectivity index (χ1n) is 7.46. The standard InChI is InChI=1S/C14H18ClN5O4/c1-2-23-10(22)5-7-24-9(21)4-3-6-20-8-17-13-11(20)12(15)18-14(16)19-13/h8H,2-7H2,1H3,(H2,16,18,19). The number of aromatic nitrogens is 4. The molecule has 0 spiro atoms. The van der Waals surface area contributed by atoms with Gasteiger partial charge in [-0.05, 0) is 13.3 Å². The molecule has 0 saturated heterocycles. The van der Waals surface area contributed by atoms with Crippen LogP contribution >= 0.6 is 11.6 Å². The lowest BCUT2D eigenvalue weighted by Crippen LogP contribution is -2.12. The number of aryl methyl sites for hydroxylation is 1. The number of nitrogens with two attached hydrogens (primary N) is 1. The van der Waals surface area contributed by atoms with Crippen LogP contribution in [0.2, 0.25) is 5.15 Å². The number of carbonyl (C=O) groups excluding carboxylic acids is 2. The second-order valence-electron chi connectivity index (χ2n) is 4.86. The number of nitrogens with zero attached hydrogens (tertiary/aromatic N) is 4. The summed E-state index contributed by atoms with van der Waals surface area (Å²) in [5.74, 6) is -0.706. The quantitative estimate of drug-likeness (QED) is 0.556. The lowest BCUT2D eigenvalue weighted by molar-refractivity contribution is -0.149. The normalized spacial score (nSPS) is 10.8. The summed E-state index contributed by atoms with van der Waals surface area (Å²) in [4.78, 5) is 34.7. The molecular weight excluding hydrogens is 338 g/mol. The minimum Gasteiger partial charge on any atom is -0.466 e. The molecule has 2 aromatic rings. The smallest absolute Gasteiger partial charge is 0.309 e. The molecule has 2 N–H and O–H groups in total. The van der Waals surface area contributed by atoms with E-state index in [0.29, 0.717) is 30.7 Å². The molecule has 130 valence electrons. The number of anilines is 1. The SMILES string of the molecule is CCOC(=O)CCOC(=O)CCCn1cnc2nc(N)nc(Cl)c21. The molecule has 0 aromatic carbocycles. The molecule has 24 heavy (non-hydrogen) atoms. The third kappa shape index (κ3) is 4.79. The number of nitrogen functional groups attached to an aromatic ring is 1. The number of halogens is 1. The molecule has 0 unspecified atom stereocenters. The third-order valence-electron chi connectivity index (χ3n) is 3.10. The monoisotopic (exact) mass is 355 g/mol. The van der Waals surface area contributed by atoms with E-state index in [1.54, 1.807) is 17.8 Å². The summed E-state index contributed by atoms with van der Waals surface area (Å²) in [7, 11) is 0. The third-order valence-corrected chi connectivity index (χ3v) is 3.36. The highest BCUT2D eigenvalue weighted by molar-refractivity contribution is 6.33. The first kappa shape index (κ1) is 17.9. The Morgan fingerprint density at radius 2 is 2.00 bits per heavy atom. The molecule has 0 radical (unpaired) electrons. The molecule has 9 nitrogen and oxygen atoms in total. The average molecular weight is 356 g/mol. The van der Waals surface area contributed by atoms with Gasteiger partial charge in [0.1, 0.15) is 12.1 Å². The Labute approximate surface area is 143 Å². The summed E-state index contributed by atoms with van der Waals surface area (Å²) in [6.07, 6.45) is 2.34. The van der Waals surface area contributed by atoms with Crippen molar-refractivity contribution in [2.45, 2.75) is 32.7 Å². The Morgan fingerprint density at radius 1 is 1.25 bits per heavy atom. The number of esters is 2. The van der Waals surface area contributed by atoms with Crippen molar-refractivity contribution in [3.63, 3.8) is 0 Å². The van der Waals surface area contributed by atoms with Gasteiger partial charge in [-0.25, -0.2) is 4.98 Å². The van der Waals surface area contributed by atoms with Crippen LogP contribution in [0.1, 0.15) is 26.2 Å². The molecule has 0 saturated carbocycles. The molecule has 0 amide bonds. The summed E-state index contributed by atoms with van der Waals surface area (Å²) < 4.78 is 11.5. The van der Waals surface area contributed by atoms with Gasteiger partial charge in [0.05, 0.1) is 19.4 Å². The van der Waals surface area contributed by atoms with Gasteiger partial charge in [0.15, 0.2) is 10.8 Å². The molecule has 0 aliphatic carbocycles. The summed E-state index contributed by atoms with van der Waals surface area (Å²) >= 11 is 6.05. The maximum Gasteiger partial charge on any atom is 0.309 e. The molecule has 2 heterocycles. The number of hydrogen-bond donors (Lipinski definition) is 1. The highest BCUT2D eigenvalue weighted by atomic mass is 35.5. The molecule has 0 aliphatic heterocycles. The number of fused-ring (bicyclic) bond motifs is 1. The Hall–Kier alpha value is -2.42. The Bertz CT molecular complexity index is 733. The van der Waals surface area contributed by atoms with Gasteiger partial charge in [0, 0.05) is 13.0 Å². The fourth-order valence-corrected chi connectivity index (χ4v) is 2.35. The lowest BCUT2D eigenvalue weighted by Gasteiger charge is -2.06. The second-order valence-corrected chi connectivity index (χ2v) is 5.22. The van der Waals surface area contributed by atoms with Crippen molar-refractivity contribution < 1.29 is 19.1 Å². The fourth-order valence-electron chi connectivity index (χ4n) is 2.07. The van der Waals surface area contributed by atoms with Crippen molar-refractivity contribution in [1.29, 1.82) is 0 Å². The lowest BCUT2D eigenvalue weighted by atomic mass is 10.3. The Balaban J connectivity index is 1.78. The second kappa shape index (κ2) is 8.44. The zero-order valence-corrected chi connectivity index (χ0v) is 14.0. The Morgan fingerprint density at radius 3 is 2.75 bits per heavy atom. The van der Waals surface area contributed by atoms with Gasteiger partial charge in [-0.2, -0.15) is 9.97 Å². The molecule has 0 atom stereocenters. The molecule has 2 aromatic heterocycles. The first-order chi connectivity index (χ1) is 11.5. The van der Waals surface area contributed by atoms with Crippen molar-refractivity contribution in [2.75, 3.05) is 18.9 Å². The van der Waals surface area contributed by atoms with Crippen LogP contribution in [0.25, 0.3) is 11.2 Å². The van der Waals surface area contributed by atoms with Crippen LogP contribution < -0.4 is 5.73 Å². The maximum absolute atomic E-state index is 11.6. The van der Waals surface area contributed by atoms with Crippen LogP contribution in [0.5, 0.6) is 0 Å². The van der Waals surface area contributed by atoms with Gasteiger partial charge < -0.3 is 19.8 Å². The van der Waals surface area contributed by atoms with E-state index < -0.39 is 0 Å². The summed E-state index contributed by atoms with van der Waals surface area (Å²) in [5, 5.41) is 0.215. The molecule has 0 fully saturated rings. The molecule has 0 bridgehead atoms. The number of hydrogen-bond acceptors (Lipinski definition) is 8. The van der Waals surface area contributed by atoms with Crippen LogP contribution in [-0.2, 0) is 25.6 Å². The van der Waals surface area contributed by atoms with Crippen molar-refractivity contribution in [1.82, 2.24) is 19.5 Å². The van der Waals surface area contributed by atoms with Crippen LogP contribution in [0, 0.1) is 0 Å². The van der Waals surface area contributed by atoms with E-state index in [9.17, 15) is 9.59 Å². The average Bonchev–Trinajstić information content (AvgIpc) is 2.90. The molecular formula is C14H18ClN5O4. The van der Waals surface area contributed by atoms with Gasteiger partial charge in [0.2, 0.25) is 5.95 Å². The van der Waals surface area contributed by atoms with Gasteiger partial charge in [-0.15, -0.1) is 0 Å². The minimum atomic E-state index is -0.385. The predicted octanol–water partition coefficient (Wildman–Crippen LogP) is 1.34. The maximum atomic E-state index is 11.6. The zero-order valence-electron chi connectivity index (χ0n) is 13.2. The fraction of sp³-hybridized carbons (Fsp3) is 0.500. The van der Waals surface area contributed by atoms with Crippen molar-refractivity contribution >= 4 is 40.7 Å². The molecule has 2 rings (SSSR count). The van der Waals surface area contributed by atoms with Crippen LogP contribution in [0.4, 0.5) is 5.95 Å². The highest BCUT2D eigenvalue weighted by Gasteiger charge is 2.12. The Kier molecular flexibility index (Phi) is 6.30. The van der Waals surface area contributed by atoms with Crippen LogP contribution in [-0.4, -0.2) is 44.7 Å². The van der Waals surface area contributed by atoms with Gasteiger partial charge in [-0.3, -0.25) is 9.59 Å². The van der Waals surface area contributed by atoms with Crippen molar-refractivity contribution in [3.05, 3.63) is 11.5 Å². The van der Waals surface area contributed by atoms with E-state index in [0.717, 1.165) is 0 Å². The zero-order chi connectivity index (χ0) is 17.5. The van der Waals surface area contributed by atoms with Crippen LogP contribution in [0.15, 0.2) is 6.33 Å². The van der Waals surface area contributed by atoms with Gasteiger partial charge in [0.25, 0.3) is 0 Å². The largest absolute Gasteiger partial charge is 0.466 e. The molecule has 0 aliphatic rings. The van der Waals surface area contributed by atoms with Gasteiger partial charge in [-0.1, -0.05) is 11.6 Å². The van der Waals surface area contributed by atoms with E-state index in [1.807, 2.05) is 0 Å². The van der Waals surface area contributed by atoms with Gasteiger partial charge >= 0.3 is 11.9 Å². The number of rotatable bonds is 8. The number of ether oxygens (including phenoxy) is 2. The predicted molar refractivity (Wildman–Crippen MR) is 86.2 cm³/mol. The number of imidazole rings is 1. The van der Waals surface area contributed by atoms with E-state index in [2.05, 4.69) is 15.0 Å². The van der Waals surface area contributed by atoms with Crippen LogP contribution in [0.3, 0.4) is 0 Å². The van der Waals surface area contributed by atoms with E-state index in [4.69, 9.17) is 26.8 Å². The molecule has 10 heteroatoms. The topological polar surface area (TPSA) is 122 Å². The summed E-state index contributed by atoms with van der Waals surface area (Å²) in [6.45, 7) is 2.54. The van der Waals surface area contributed by atoms with E-state index in [-0.39, 0.29) is 42.5 Å². The van der Waals surface area contributed by atoms with E-state index >= 15 is 0 Å². The van der Waals surface area contributed by atoms with Crippen molar-refractivity contribution in [3.8, 4) is 0 Å². The minimum absolute atomic E-state index is 0.0185. The number of carbonyl (C=O) groups is 2. The first-order valence-corrected chi connectivity index (χ1v) is 7.84. The van der Waals surface area contributed by atoms with E-state index in [1.165, 1.54) is 0 Å². The summed E-state index contributed by atoms with van der Waals surface area (Å²) in [6, 6.07) is 0. The highest BCUT2D eigenvalue weighted by Crippen LogP contribution is 2.20. The van der Waals surface area contributed by atoms with Crippen molar-refractivity contribution in [2.24, 2.45) is 0 Å².